The molecule has 1 heterocycles. The van der Waals surface area contributed by atoms with Crippen molar-refractivity contribution in [1.82, 2.24) is 15.5 Å². The van der Waals surface area contributed by atoms with E-state index in [4.69, 9.17) is 9.26 Å². The fourth-order valence-corrected chi connectivity index (χ4v) is 4.35. The SMILES string of the molecule is O=C(NC1CCCCC1)Oc1cccc(-c2noc(CCC3CCCC3)n2)c1. The lowest BCUT2D eigenvalue weighted by Gasteiger charge is -2.22. The summed E-state index contributed by atoms with van der Waals surface area (Å²) in [5.41, 5.74) is 0.791. The fraction of sp³-hybridized carbons (Fsp3) is 0.591. The highest BCUT2D eigenvalue weighted by Gasteiger charge is 2.18. The van der Waals surface area contributed by atoms with E-state index in [1.54, 1.807) is 12.1 Å². The lowest BCUT2D eigenvalue weighted by molar-refractivity contribution is 0.192. The topological polar surface area (TPSA) is 77.2 Å². The van der Waals surface area contributed by atoms with Gasteiger partial charge in [0.25, 0.3) is 0 Å². The van der Waals surface area contributed by atoms with Crippen LogP contribution in [0, 0.1) is 5.92 Å². The monoisotopic (exact) mass is 383 g/mol. The number of nitrogens with one attached hydrogen (secondary N) is 1. The van der Waals surface area contributed by atoms with E-state index >= 15 is 0 Å². The summed E-state index contributed by atoms with van der Waals surface area (Å²) in [5, 5.41) is 7.07. The van der Waals surface area contributed by atoms with Crippen LogP contribution >= 0.6 is 0 Å². The summed E-state index contributed by atoms with van der Waals surface area (Å²) in [6.07, 6.45) is 12.5. The predicted molar refractivity (Wildman–Crippen MR) is 106 cm³/mol. The molecule has 1 aromatic carbocycles. The molecule has 0 atom stereocenters. The molecule has 2 saturated carbocycles. The van der Waals surface area contributed by atoms with Crippen LogP contribution in [-0.4, -0.2) is 22.3 Å². The normalized spacial score (nSPS) is 18.3. The first-order valence-corrected chi connectivity index (χ1v) is 10.7. The molecule has 0 radical (unpaired) electrons. The maximum atomic E-state index is 12.2. The van der Waals surface area contributed by atoms with Crippen molar-refractivity contribution in [2.75, 3.05) is 0 Å². The number of rotatable bonds is 6. The summed E-state index contributed by atoms with van der Waals surface area (Å²) >= 11 is 0. The maximum absolute atomic E-state index is 12.2. The van der Waals surface area contributed by atoms with Gasteiger partial charge in [-0.25, -0.2) is 4.79 Å². The number of hydrogen-bond donors (Lipinski definition) is 1. The first-order valence-electron chi connectivity index (χ1n) is 10.7. The zero-order valence-corrected chi connectivity index (χ0v) is 16.4. The zero-order valence-electron chi connectivity index (χ0n) is 16.4. The van der Waals surface area contributed by atoms with E-state index in [1.165, 1.54) is 44.9 Å². The lowest BCUT2D eigenvalue weighted by Crippen LogP contribution is -2.37. The summed E-state index contributed by atoms with van der Waals surface area (Å²) in [5.74, 6) is 2.51. The first-order chi connectivity index (χ1) is 13.8. The van der Waals surface area contributed by atoms with Gasteiger partial charge in [0, 0.05) is 18.0 Å². The molecule has 1 aromatic heterocycles. The average molecular weight is 383 g/mol. The molecule has 0 bridgehead atoms. The van der Waals surface area contributed by atoms with E-state index in [0.29, 0.717) is 17.5 Å². The van der Waals surface area contributed by atoms with Gasteiger partial charge in [0.2, 0.25) is 11.7 Å². The summed E-state index contributed by atoms with van der Waals surface area (Å²) in [4.78, 5) is 16.7. The van der Waals surface area contributed by atoms with Crippen LogP contribution in [0.3, 0.4) is 0 Å². The van der Waals surface area contributed by atoms with Gasteiger partial charge in [0.05, 0.1) is 0 Å². The molecule has 2 fully saturated rings. The third-order valence-electron chi connectivity index (χ3n) is 5.94. The second-order valence-corrected chi connectivity index (χ2v) is 8.10. The maximum Gasteiger partial charge on any atom is 0.412 e. The molecule has 1 N–H and O–H groups in total. The Morgan fingerprint density at radius 2 is 1.89 bits per heavy atom. The number of carbonyl (C=O) groups excluding carboxylic acids is 1. The van der Waals surface area contributed by atoms with Crippen LogP contribution < -0.4 is 10.1 Å². The van der Waals surface area contributed by atoms with E-state index in [2.05, 4.69) is 15.5 Å². The molecule has 28 heavy (non-hydrogen) atoms. The van der Waals surface area contributed by atoms with Crippen LogP contribution in [0.25, 0.3) is 11.4 Å². The van der Waals surface area contributed by atoms with Gasteiger partial charge >= 0.3 is 6.09 Å². The Morgan fingerprint density at radius 1 is 1.11 bits per heavy atom. The Kier molecular flexibility index (Phi) is 6.24. The van der Waals surface area contributed by atoms with Gasteiger partial charge in [-0.05, 0) is 37.3 Å². The van der Waals surface area contributed by atoms with E-state index in [-0.39, 0.29) is 6.04 Å². The van der Waals surface area contributed by atoms with Gasteiger partial charge in [-0.1, -0.05) is 62.2 Å². The summed E-state index contributed by atoms with van der Waals surface area (Å²) < 4.78 is 10.9. The molecule has 0 unspecified atom stereocenters. The highest BCUT2D eigenvalue weighted by atomic mass is 16.6. The van der Waals surface area contributed by atoms with Crippen LogP contribution in [-0.2, 0) is 6.42 Å². The molecule has 2 aromatic rings. The minimum Gasteiger partial charge on any atom is -0.410 e. The second kappa shape index (κ2) is 9.22. The molecule has 0 aliphatic heterocycles. The third-order valence-corrected chi connectivity index (χ3v) is 5.94. The smallest absolute Gasteiger partial charge is 0.410 e. The van der Waals surface area contributed by atoms with Crippen LogP contribution in [0.1, 0.15) is 70.1 Å². The molecule has 0 spiro atoms. The minimum absolute atomic E-state index is 0.226. The molecule has 2 aliphatic carbocycles. The molecule has 150 valence electrons. The molecule has 0 saturated heterocycles. The number of aromatic nitrogens is 2. The number of nitrogens with zero attached hydrogens (tertiary/aromatic N) is 2. The van der Waals surface area contributed by atoms with Crippen LogP contribution in [0.15, 0.2) is 28.8 Å². The Hall–Kier alpha value is -2.37. The number of benzene rings is 1. The van der Waals surface area contributed by atoms with Crippen molar-refractivity contribution in [3.63, 3.8) is 0 Å². The van der Waals surface area contributed by atoms with Gasteiger partial charge < -0.3 is 14.6 Å². The molecular formula is C22H29N3O3. The molecule has 1 amide bonds. The van der Waals surface area contributed by atoms with E-state index in [1.807, 2.05) is 12.1 Å². The van der Waals surface area contributed by atoms with Crippen LogP contribution in [0.4, 0.5) is 4.79 Å². The van der Waals surface area contributed by atoms with Gasteiger partial charge in [0.1, 0.15) is 5.75 Å². The number of aryl methyl sites for hydroxylation is 1. The van der Waals surface area contributed by atoms with Crippen molar-refractivity contribution in [3.8, 4) is 17.1 Å². The molecule has 6 nitrogen and oxygen atoms in total. The Labute approximate surface area is 166 Å². The largest absolute Gasteiger partial charge is 0.412 e. The number of hydrogen-bond acceptors (Lipinski definition) is 5. The zero-order chi connectivity index (χ0) is 19.2. The van der Waals surface area contributed by atoms with Crippen molar-refractivity contribution in [2.24, 2.45) is 5.92 Å². The van der Waals surface area contributed by atoms with Crippen molar-refractivity contribution in [2.45, 2.75) is 76.7 Å². The standard InChI is InChI=1S/C22H29N3O3/c26-22(23-18-10-2-1-3-11-18)27-19-12-6-9-17(15-19)21-24-20(28-25-21)14-13-16-7-4-5-8-16/h6,9,12,15-16,18H,1-5,7-8,10-11,13-14H2,(H,23,26). The third kappa shape index (κ3) is 5.12. The molecule has 2 aliphatic rings. The van der Waals surface area contributed by atoms with Crippen LogP contribution in [0.5, 0.6) is 5.75 Å². The van der Waals surface area contributed by atoms with E-state index < -0.39 is 6.09 Å². The van der Waals surface area contributed by atoms with Gasteiger partial charge in [-0.15, -0.1) is 0 Å². The van der Waals surface area contributed by atoms with Crippen molar-refractivity contribution in [3.05, 3.63) is 30.2 Å². The van der Waals surface area contributed by atoms with Gasteiger partial charge in [0.15, 0.2) is 0 Å². The molecule has 4 rings (SSSR count). The van der Waals surface area contributed by atoms with Crippen molar-refractivity contribution in [1.29, 1.82) is 0 Å². The van der Waals surface area contributed by atoms with Crippen molar-refractivity contribution < 1.29 is 14.1 Å². The van der Waals surface area contributed by atoms with Gasteiger partial charge in [-0.3, -0.25) is 0 Å². The van der Waals surface area contributed by atoms with Gasteiger partial charge in [-0.2, -0.15) is 4.98 Å². The predicted octanol–water partition coefficient (Wildman–Crippen LogP) is 5.28. The summed E-state index contributed by atoms with van der Waals surface area (Å²) in [6.45, 7) is 0. The quantitative estimate of drug-likeness (QED) is 0.734. The Bertz CT molecular complexity index is 777. The minimum atomic E-state index is -0.394. The summed E-state index contributed by atoms with van der Waals surface area (Å²) in [7, 11) is 0. The van der Waals surface area contributed by atoms with Crippen molar-refractivity contribution >= 4 is 6.09 Å². The fourth-order valence-electron chi connectivity index (χ4n) is 4.35. The lowest BCUT2D eigenvalue weighted by atomic mass is 9.96. The van der Waals surface area contributed by atoms with Crippen LogP contribution in [0.2, 0.25) is 0 Å². The Balaban J connectivity index is 1.33. The summed E-state index contributed by atoms with van der Waals surface area (Å²) in [6, 6.07) is 7.52. The number of ether oxygens (including phenoxy) is 1. The van der Waals surface area contributed by atoms with E-state index in [0.717, 1.165) is 37.2 Å². The first kappa shape index (κ1) is 19.0. The number of amides is 1. The Morgan fingerprint density at radius 3 is 2.71 bits per heavy atom. The molecule has 6 heteroatoms. The number of carbonyl (C=O) groups is 1. The average Bonchev–Trinajstić information content (AvgIpc) is 3.39. The highest BCUT2D eigenvalue weighted by molar-refractivity contribution is 5.71. The second-order valence-electron chi connectivity index (χ2n) is 8.10. The molecular weight excluding hydrogens is 354 g/mol. The van der Waals surface area contributed by atoms with E-state index in [9.17, 15) is 4.79 Å². The highest BCUT2D eigenvalue weighted by Crippen LogP contribution is 2.29.